The zero-order valence-electron chi connectivity index (χ0n) is 6.39. The Hall–Kier alpha value is -1.85. The van der Waals surface area contributed by atoms with E-state index in [1.54, 1.807) is 7.11 Å². The molecule has 0 fully saturated rings. The van der Waals surface area contributed by atoms with E-state index in [1.165, 1.54) is 0 Å². The Morgan fingerprint density at radius 2 is 2.08 bits per heavy atom. The average molecular weight is 172 g/mol. The molecule has 0 atom stereocenters. The van der Waals surface area contributed by atoms with Crippen LogP contribution in [-0.2, 0) is 0 Å². The van der Waals surface area contributed by atoms with Crippen molar-refractivity contribution in [2.24, 2.45) is 0 Å². The molecule has 1 aromatic heterocycles. The van der Waals surface area contributed by atoms with Gasteiger partial charge in [-0.1, -0.05) is 0 Å². The van der Waals surface area contributed by atoms with E-state index < -0.39 is 5.09 Å². The molecule has 6 nitrogen and oxygen atoms in total. The van der Waals surface area contributed by atoms with Gasteiger partial charge >= 0.3 is 5.88 Å². The lowest BCUT2D eigenvalue weighted by Crippen LogP contribution is -2.04. The number of hydrogen-bond donors (Lipinski definition) is 0. The standard InChI is InChI=1S/C6H7NO.NO3/c1-8-6-4-2-3-5-7-6;2-1(3)4/h2-5H,1H3;/q;-1/p+1. The quantitative estimate of drug-likeness (QED) is 0.449. The van der Waals surface area contributed by atoms with Crippen LogP contribution in [-0.4, -0.2) is 12.2 Å². The summed E-state index contributed by atoms with van der Waals surface area (Å²) in [6.07, 6.45) is 1.82. The maximum absolute atomic E-state index is 8.25. The molecule has 0 saturated heterocycles. The van der Waals surface area contributed by atoms with Gasteiger partial charge in [-0.15, -0.1) is 0 Å². The number of aromatic nitrogens is 1. The van der Waals surface area contributed by atoms with Crippen LogP contribution in [0.3, 0.4) is 0 Å². The van der Waals surface area contributed by atoms with Crippen molar-refractivity contribution in [3.63, 3.8) is 0 Å². The molecule has 0 aromatic carbocycles. The van der Waals surface area contributed by atoms with Gasteiger partial charge in [0.25, 0.3) is 0 Å². The molecule has 1 rings (SSSR count). The lowest BCUT2D eigenvalue weighted by atomic mass is 10.5. The molecule has 0 radical (unpaired) electrons. The summed E-state index contributed by atoms with van der Waals surface area (Å²) in [6.45, 7) is 0. The third-order valence-electron chi connectivity index (χ3n) is 0.900. The van der Waals surface area contributed by atoms with Gasteiger partial charge < -0.3 is 20.1 Å². The van der Waals surface area contributed by atoms with Crippen molar-refractivity contribution in [2.75, 3.05) is 7.11 Å². The van der Waals surface area contributed by atoms with E-state index in [2.05, 4.69) is 4.98 Å². The molecule has 1 heterocycles. The molecule has 6 heteroatoms. The Labute approximate surface area is 68.5 Å². The number of hydrogen-bond acceptors (Lipinski definition) is 4. The topological polar surface area (TPSA) is 89.6 Å². The molecule has 1 N–H and O–H groups in total. The molecule has 0 unspecified atom stereocenters. The molecular weight excluding hydrogens is 164 g/mol. The van der Waals surface area contributed by atoms with Crippen molar-refractivity contribution in [2.45, 2.75) is 0 Å². The van der Waals surface area contributed by atoms with Gasteiger partial charge in [0.2, 0.25) is 0 Å². The maximum Gasteiger partial charge on any atom is 0.365 e. The zero-order valence-corrected chi connectivity index (χ0v) is 6.39. The largest absolute Gasteiger partial charge is 0.448 e. The predicted molar refractivity (Wildman–Crippen MR) is 39.9 cm³/mol. The molecule has 66 valence electrons. The van der Waals surface area contributed by atoms with Gasteiger partial charge in [0.1, 0.15) is 0 Å². The van der Waals surface area contributed by atoms with Crippen LogP contribution in [0.2, 0.25) is 0 Å². The summed E-state index contributed by atoms with van der Waals surface area (Å²) >= 11 is 0. The molecule has 1 aromatic rings. The van der Waals surface area contributed by atoms with Crippen LogP contribution in [0.1, 0.15) is 0 Å². The van der Waals surface area contributed by atoms with Gasteiger partial charge in [-0.05, 0) is 6.07 Å². The van der Waals surface area contributed by atoms with Crippen molar-refractivity contribution < 1.29 is 14.8 Å². The highest BCUT2D eigenvalue weighted by Crippen LogP contribution is 1.93. The van der Waals surface area contributed by atoms with Gasteiger partial charge in [0, 0.05) is 6.07 Å². The first-order valence-electron chi connectivity index (χ1n) is 2.99. The van der Waals surface area contributed by atoms with Crippen molar-refractivity contribution in [1.82, 2.24) is 0 Å². The van der Waals surface area contributed by atoms with E-state index in [4.69, 9.17) is 20.1 Å². The molecule has 0 aliphatic heterocycles. The van der Waals surface area contributed by atoms with E-state index in [9.17, 15) is 0 Å². The third-order valence-corrected chi connectivity index (χ3v) is 0.900. The zero-order chi connectivity index (χ0) is 9.40. The Morgan fingerprint density at radius 3 is 2.33 bits per heavy atom. The van der Waals surface area contributed by atoms with Crippen LogP contribution >= 0.6 is 0 Å². The van der Waals surface area contributed by atoms with Gasteiger partial charge in [-0.3, -0.25) is 0 Å². The third kappa shape index (κ3) is 6.27. The van der Waals surface area contributed by atoms with E-state index in [0.717, 1.165) is 5.88 Å². The predicted octanol–water partition coefficient (Wildman–Crippen LogP) is 0.270. The molecule has 0 bridgehead atoms. The highest BCUT2D eigenvalue weighted by Gasteiger charge is 1.90. The summed E-state index contributed by atoms with van der Waals surface area (Å²) in [7, 11) is 1.63. The van der Waals surface area contributed by atoms with Gasteiger partial charge in [-0.2, -0.15) is 4.98 Å². The molecule has 0 aliphatic rings. The number of nitrogens with one attached hydrogen (secondary N) is 1. The minimum atomic E-state index is -1.75. The van der Waals surface area contributed by atoms with Crippen LogP contribution in [0.5, 0.6) is 5.88 Å². The summed E-state index contributed by atoms with van der Waals surface area (Å²) in [5.41, 5.74) is 0. The van der Waals surface area contributed by atoms with Gasteiger partial charge in [0.15, 0.2) is 6.20 Å². The number of nitrogens with zero attached hydrogens (tertiary/aromatic N) is 1. The summed E-state index contributed by atoms with van der Waals surface area (Å²) < 4.78 is 4.86. The van der Waals surface area contributed by atoms with Crippen molar-refractivity contribution >= 4 is 0 Å². The summed E-state index contributed by atoms with van der Waals surface area (Å²) in [5, 5.41) is 14.8. The van der Waals surface area contributed by atoms with E-state index in [1.807, 2.05) is 24.4 Å². The SMILES string of the molecule is COc1cccc[nH+]1.O=[N+]([O-])[O-]. The van der Waals surface area contributed by atoms with Crippen molar-refractivity contribution in [3.05, 3.63) is 39.7 Å². The minimum Gasteiger partial charge on any atom is -0.448 e. The van der Waals surface area contributed by atoms with Crippen LogP contribution in [0.4, 0.5) is 0 Å². The monoisotopic (exact) mass is 172 g/mol. The Kier molecular flexibility index (Phi) is 4.99. The fraction of sp³-hybridized carbons (Fsp3) is 0.167. The Bertz CT molecular complexity index is 222. The molecule has 0 amide bonds. The fourth-order valence-electron chi connectivity index (χ4n) is 0.504. The first-order chi connectivity index (χ1) is 5.66. The van der Waals surface area contributed by atoms with Crippen LogP contribution in [0.15, 0.2) is 24.4 Å². The number of H-pyrrole nitrogens is 1. The maximum atomic E-state index is 8.25. The molecule has 0 saturated carbocycles. The fourth-order valence-corrected chi connectivity index (χ4v) is 0.504. The average Bonchev–Trinajstić information content (AvgIpc) is 2.05. The first-order valence-corrected chi connectivity index (χ1v) is 2.99. The molecule has 12 heavy (non-hydrogen) atoms. The minimum absolute atomic E-state index is 0.785. The van der Waals surface area contributed by atoms with Crippen molar-refractivity contribution in [3.8, 4) is 5.88 Å². The summed E-state index contributed by atoms with van der Waals surface area (Å²) in [6, 6.07) is 5.68. The van der Waals surface area contributed by atoms with Gasteiger partial charge in [-0.25, -0.2) is 0 Å². The number of rotatable bonds is 1. The Balaban J connectivity index is 0.000000261. The number of ether oxygens (including phenoxy) is 1. The second kappa shape index (κ2) is 5.90. The smallest absolute Gasteiger partial charge is 0.365 e. The Morgan fingerprint density at radius 1 is 1.50 bits per heavy atom. The highest BCUT2D eigenvalue weighted by molar-refractivity contribution is 5.00. The van der Waals surface area contributed by atoms with Crippen LogP contribution in [0, 0.1) is 15.3 Å². The lowest BCUT2D eigenvalue weighted by molar-refractivity contribution is -0.402. The van der Waals surface area contributed by atoms with E-state index in [-0.39, 0.29) is 0 Å². The normalized spacial score (nSPS) is 7.75. The molecular formula is C6H8N2O4. The number of aromatic amines is 1. The second-order valence-electron chi connectivity index (χ2n) is 1.65. The van der Waals surface area contributed by atoms with E-state index >= 15 is 0 Å². The summed E-state index contributed by atoms with van der Waals surface area (Å²) in [5.74, 6) is 0.785. The first kappa shape index (κ1) is 10.2. The molecule has 0 spiro atoms. The van der Waals surface area contributed by atoms with Crippen molar-refractivity contribution in [1.29, 1.82) is 0 Å². The highest BCUT2D eigenvalue weighted by atomic mass is 16.9. The second-order valence-corrected chi connectivity index (χ2v) is 1.65. The van der Waals surface area contributed by atoms with E-state index in [0.29, 0.717) is 0 Å². The van der Waals surface area contributed by atoms with Crippen LogP contribution in [0.25, 0.3) is 0 Å². The van der Waals surface area contributed by atoms with Gasteiger partial charge in [0.05, 0.1) is 18.3 Å². The molecule has 0 aliphatic carbocycles. The van der Waals surface area contributed by atoms with Crippen LogP contribution < -0.4 is 9.72 Å². The number of pyridine rings is 1. The summed E-state index contributed by atoms with van der Waals surface area (Å²) in [4.78, 5) is 11.1. The lowest BCUT2D eigenvalue weighted by Gasteiger charge is -1.85. The number of methoxy groups -OCH3 is 1.